The lowest BCUT2D eigenvalue weighted by Crippen LogP contribution is -2.29. The molecule has 12 heavy (non-hydrogen) atoms. The highest BCUT2D eigenvalue weighted by Gasteiger charge is 2.16. The molecule has 0 aromatic heterocycles. The van der Waals surface area contributed by atoms with E-state index in [1.807, 2.05) is 20.8 Å². The summed E-state index contributed by atoms with van der Waals surface area (Å²) in [5, 5.41) is 2.64. The van der Waals surface area contributed by atoms with Gasteiger partial charge in [-0.3, -0.25) is 5.32 Å². The smallest absolute Gasteiger partial charge is 0.151 e. The molecule has 0 heterocycles. The van der Waals surface area contributed by atoms with Gasteiger partial charge in [-0.15, -0.1) is 0 Å². The third-order valence-corrected chi connectivity index (χ3v) is 1.42. The van der Waals surface area contributed by atoms with Gasteiger partial charge >= 0.3 is 0 Å². The van der Waals surface area contributed by atoms with Crippen LogP contribution < -0.4 is 5.32 Å². The first-order chi connectivity index (χ1) is 5.45. The van der Waals surface area contributed by atoms with Crippen LogP contribution in [-0.2, 0) is 4.79 Å². The number of nitrogens with one attached hydrogen (secondary N) is 1. The number of carbonyl (C=O) groups excluding carboxylic acids is 1. The number of hydrogen-bond donors (Lipinski definition) is 1. The molecule has 2 nitrogen and oxygen atoms in total. The maximum atomic E-state index is 13.0. The molecule has 1 unspecified atom stereocenters. The number of alkyl halides is 1. The van der Waals surface area contributed by atoms with Gasteiger partial charge in [-0.2, -0.15) is 0 Å². The molecule has 0 fully saturated rings. The van der Waals surface area contributed by atoms with E-state index < -0.39 is 6.30 Å². The van der Waals surface area contributed by atoms with E-state index in [2.05, 4.69) is 5.32 Å². The Hall–Kier alpha value is -0.440. The van der Waals surface area contributed by atoms with E-state index in [1.54, 1.807) is 0 Å². The van der Waals surface area contributed by atoms with Gasteiger partial charge in [-0.25, -0.2) is 4.39 Å². The van der Waals surface area contributed by atoms with Gasteiger partial charge < -0.3 is 4.79 Å². The van der Waals surface area contributed by atoms with Crippen molar-refractivity contribution in [1.82, 2.24) is 5.32 Å². The fourth-order valence-corrected chi connectivity index (χ4v) is 0.909. The van der Waals surface area contributed by atoms with Crippen LogP contribution >= 0.6 is 0 Å². The average molecular weight is 175 g/mol. The van der Waals surface area contributed by atoms with Gasteiger partial charge in [-0.1, -0.05) is 20.8 Å². The molecule has 3 heteroatoms. The third-order valence-electron chi connectivity index (χ3n) is 1.42. The Balaban J connectivity index is 3.46. The van der Waals surface area contributed by atoms with Crippen LogP contribution in [0.5, 0.6) is 0 Å². The van der Waals surface area contributed by atoms with Crippen LogP contribution in [0.15, 0.2) is 0 Å². The lowest BCUT2D eigenvalue weighted by Gasteiger charge is -2.21. The van der Waals surface area contributed by atoms with Crippen molar-refractivity contribution in [3.05, 3.63) is 0 Å². The fourth-order valence-electron chi connectivity index (χ4n) is 0.909. The zero-order chi connectivity index (χ0) is 9.61. The molecule has 1 N–H and O–H groups in total. The number of rotatable bonds is 5. The molecule has 0 saturated carbocycles. The van der Waals surface area contributed by atoms with E-state index in [1.165, 1.54) is 0 Å². The largest absolute Gasteiger partial charge is 0.303 e. The van der Waals surface area contributed by atoms with Gasteiger partial charge in [0.2, 0.25) is 0 Å². The van der Waals surface area contributed by atoms with Crippen molar-refractivity contribution < 1.29 is 9.18 Å². The van der Waals surface area contributed by atoms with Gasteiger partial charge in [0.15, 0.2) is 6.30 Å². The van der Waals surface area contributed by atoms with Crippen molar-refractivity contribution in [2.75, 3.05) is 6.54 Å². The summed E-state index contributed by atoms with van der Waals surface area (Å²) in [5.74, 6) is 0. The van der Waals surface area contributed by atoms with E-state index >= 15 is 0 Å². The molecule has 0 aliphatic heterocycles. The maximum absolute atomic E-state index is 13.0. The molecule has 0 aromatic carbocycles. The third kappa shape index (κ3) is 7.66. The van der Waals surface area contributed by atoms with Crippen LogP contribution in [0.25, 0.3) is 0 Å². The monoisotopic (exact) mass is 175 g/mol. The Bertz CT molecular complexity index is 131. The lowest BCUT2D eigenvalue weighted by atomic mass is 9.92. The van der Waals surface area contributed by atoms with Crippen molar-refractivity contribution in [3.63, 3.8) is 0 Å². The zero-order valence-corrected chi connectivity index (χ0v) is 8.06. The second-order valence-electron chi connectivity index (χ2n) is 4.14. The number of halogens is 1. The van der Waals surface area contributed by atoms with Crippen molar-refractivity contribution in [3.8, 4) is 0 Å². The molecule has 0 bridgehead atoms. The van der Waals surface area contributed by atoms with E-state index in [4.69, 9.17) is 0 Å². The highest BCUT2D eigenvalue weighted by atomic mass is 19.1. The van der Waals surface area contributed by atoms with Crippen molar-refractivity contribution >= 4 is 6.29 Å². The molecule has 0 aromatic rings. The summed E-state index contributed by atoms with van der Waals surface area (Å²) in [5.41, 5.74) is -0.00635. The highest BCUT2D eigenvalue weighted by molar-refractivity contribution is 5.49. The Morgan fingerprint density at radius 1 is 1.50 bits per heavy atom. The summed E-state index contributed by atoms with van der Waals surface area (Å²) >= 11 is 0. The second-order valence-corrected chi connectivity index (χ2v) is 4.14. The predicted octanol–water partition coefficient (Wildman–Crippen LogP) is 1.90. The summed E-state index contributed by atoms with van der Waals surface area (Å²) in [6.07, 6.45) is 0.651. The first-order valence-corrected chi connectivity index (χ1v) is 4.27. The molecule has 0 aliphatic rings. The SMILES string of the molecule is CC(C)(C)CC(F)NCCC=O. The van der Waals surface area contributed by atoms with Gasteiger partial charge in [0, 0.05) is 13.0 Å². The molecule has 0 spiro atoms. The minimum Gasteiger partial charge on any atom is -0.303 e. The van der Waals surface area contributed by atoms with Gasteiger partial charge in [0.25, 0.3) is 0 Å². The van der Waals surface area contributed by atoms with Gasteiger partial charge in [-0.05, 0) is 11.8 Å². The van der Waals surface area contributed by atoms with E-state index in [-0.39, 0.29) is 5.41 Å². The molecule has 0 rings (SSSR count). The fraction of sp³-hybridized carbons (Fsp3) is 0.889. The number of aldehydes is 1. The molecular weight excluding hydrogens is 157 g/mol. The minimum atomic E-state index is -0.995. The van der Waals surface area contributed by atoms with E-state index in [0.29, 0.717) is 19.4 Å². The van der Waals surface area contributed by atoms with Crippen LogP contribution in [0.2, 0.25) is 0 Å². The summed E-state index contributed by atoms with van der Waals surface area (Å²) in [6, 6.07) is 0. The molecule has 0 radical (unpaired) electrons. The number of hydrogen-bond acceptors (Lipinski definition) is 2. The molecule has 72 valence electrons. The average Bonchev–Trinajstić information content (AvgIpc) is 1.84. The maximum Gasteiger partial charge on any atom is 0.151 e. The van der Waals surface area contributed by atoms with Crippen molar-refractivity contribution in [2.45, 2.75) is 39.9 Å². The molecule has 1 atom stereocenters. The lowest BCUT2D eigenvalue weighted by molar-refractivity contribution is -0.107. The Labute approximate surface area is 73.5 Å². The molecule has 0 amide bonds. The van der Waals surface area contributed by atoms with Crippen molar-refractivity contribution in [2.24, 2.45) is 5.41 Å². The quantitative estimate of drug-likeness (QED) is 0.393. The van der Waals surface area contributed by atoms with Crippen LogP contribution in [0.4, 0.5) is 4.39 Å². The molecular formula is C9H18FNO. The highest BCUT2D eigenvalue weighted by Crippen LogP contribution is 2.20. The van der Waals surface area contributed by atoms with Crippen LogP contribution in [-0.4, -0.2) is 19.1 Å². The van der Waals surface area contributed by atoms with E-state index in [0.717, 1.165) is 6.29 Å². The summed E-state index contributed by atoms with van der Waals surface area (Å²) in [7, 11) is 0. The standard InChI is InChI=1S/C9H18FNO/c1-9(2,3)7-8(10)11-5-4-6-12/h6,8,11H,4-5,7H2,1-3H3. The molecule has 0 saturated heterocycles. The molecule has 0 aliphatic carbocycles. The first-order valence-electron chi connectivity index (χ1n) is 4.27. The normalized spacial score (nSPS) is 14.3. The summed E-state index contributed by atoms with van der Waals surface area (Å²) < 4.78 is 13.0. The van der Waals surface area contributed by atoms with Gasteiger partial charge in [0.05, 0.1) is 0 Å². The summed E-state index contributed by atoms with van der Waals surface area (Å²) in [6.45, 7) is 6.39. The topological polar surface area (TPSA) is 29.1 Å². The summed E-state index contributed by atoms with van der Waals surface area (Å²) in [4.78, 5) is 9.91. The Morgan fingerprint density at radius 2 is 2.08 bits per heavy atom. The first kappa shape index (κ1) is 11.6. The van der Waals surface area contributed by atoms with Crippen LogP contribution in [0.1, 0.15) is 33.6 Å². The number of carbonyl (C=O) groups is 1. The van der Waals surface area contributed by atoms with Crippen molar-refractivity contribution in [1.29, 1.82) is 0 Å². The van der Waals surface area contributed by atoms with E-state index in [9.17, 15) is 9.18 Å². The zero-order valence-electron chi connectivity index (χ0n) is 8.06. The minimum absolute atomic E-state index is 0.00635. The van der Waals surface area contributed by atoms with Crippen LogP contribution in [0, 0.1) is 5.41 Å². The predicted molar refractivity (Wildman–Crippen MR) is 47.7 cm³/mol. The Kier molecular flexibility index (Phi) is 5.06. The van der Waals surface area contributed by atoms with Gasteiger partial charge in [0.1, 0.15) is 6.29 Å². The Morgan fingerprint density at radius 3 is 2.50 bits per heavy atom. The van der Waals surface area contributed by atoms with Crippen LogP contribution in [0.3, 0.4) is 0 Å². The second kappa shape index (κ2) is 5.25.